The Hall–Kier alpha value is -0.610. The lowest BCUT2D eigenvalue weighted by atomic mass is 10.1. The van der Waals surface area contributed by atoms with Crippen molar-refractivity contribution < 1.29 is 4.79 Å². The number of amides is 1. The zero-order valence-corrected chi connectivity index (χ0v) is 9.71. The number of carbonyl (C=O) groups is 1. The Morgan fingerprint density at radius 2 is 2.07 bits per heavy atom. The molecule has 4 heteroatoms. The zero-order chi connectivity index (χ0) is 11.1. The van der Waals surface area contributed by atoms with E-state index in [0.29, 0.717) is 12.5 Å². The number of nitrogens with two attached hydrogens (primary N) is 1. The summed E-state index contributed by atoms with van der Waals surface area (Å²) in [6.07, 6.45) is 1.14. The minimum Gasteiger partial charge on any atom is -0.368 e. The number of primary amides is 1. The molecule has 0 saturated carbocycles. The second kappa shape index (κ2) is 6.79. The van der Waals surface area contributed by atoms with E-state index in [2.05, 4.69) is 24.1 Å². The van der Waals surface area contributed by atoms with Crippen LogP contribution in [0.5, 0.6) is 0 Å². The summed E-state index contributed by atoms with van der Waals surface area (Å²) in [6, 6.07) is -0.243. The first-order valence-electron chi connectivity index (χ1n) is 5.12. The number of carbonyl (C=O) groups excluding carboxylic acids is 1. The molecule has 1 unspecified atom stereocenters. The molecule has 0 aromatic heterocycles. The van der Waals surface area contributed by atoms with E-state index >= 15 is 0 Å². The fourth-order valence-corrected chi connectivity index (χ4v) is 1.21. The third kappa shape index (κ3) is 5.94. The number of likely N-dealkylation sites (N-methyl/N-ethyl adjacent to an activating group) is 2. The van der Waals surface area contributed by atoms with Crippen molar-refractivity contribution in [3.8, 4) is 0 Å². The van der Waals surface area contributed by atoms with Crippen LogP contribution in [0.1, 0.15) is 20.3 Å². The quantitative estimate of drug-likeness (QED) is 0.611. The molecule has 3 N–H and O–H groups in total. The highest BCUT2D eigenvalue weighted by Crippen LogP contribution is 2.00. The lowest BCUT2D eigenvalue weighted by molar-refractivity contribution is -0.120. The highest BCUT2D eigenvalue weighted by atomic mass is 16.1. The molecule has 0 aliphatic heterocycles. The van der Waals surface area contributed by atoms with Crippen molar-refractivity contribution in [1.29, 1.82) is 0 Å². The highest BCUT2D eigenvalue weighted by molar-refractivity contribution is 5.80. The van der Waals surface area contributed by atoms with E-state index in [9.17, 15) is 4.79 Å². The Kier molecular flexibility index (Phi) is 6.49. The van der Waals surface area contributed by atoms with Crippen LogP contribution in [-0.2, 0) is 4.79 Å². The molecule has 84 valence electrons. The smallest absolute Gasteiger partial charge is 0.235 e. The first-order chi connectivity index (χ1) is 6.47. The Balaban J connectivity index is 3.79. The van der Waals surface area contributed by atoms with Gasteiger partial charge in [0.05, 0.1) is 6.04 Å². The van der Waals surface area contributed by atoms with Gasteiger partial charge < -0.3 is 16.0 Å². The average Bonchev–Trinajstić information content (AvgIpc) is 2.10. The molecule has 0 saturated heterocycles. The van der Waals surface area contributed by atoms with Gasteiger partial charge >= 0.3 is 0 Å². The molecule has 0 spiro atoms. The molecule has 0 bridgehead atoms. The summed E-state index contributed by atoms with van der Waals surface area (Å²) in [6.45, 7) is 6.07. The fourth-order valence-electron chi connectivity index (χ4n) is 1.21. The molecule has 14 heavy (non-hydrogen) atoms. The predicted molar refractivity (Wildman–Crippen MR) is 59.0 cm³/mol. The average molecular weight is 201 g/mol. The maximum atomic E-state index is 10.9. The molecule has 1 atom stereocenters. The summed E-state index contributed by atoms with van der Waals surface area (Å²) in [5.74, 6) is 0.406. The van der Waals surface area contributed by atoms with Crippen LogP contribution >= 0.6 is 0 Å². The van der Waals surface area contributed by atoms with Gasteiger partial charge in [-0.05, 0) is 33.0 Å². The summed E-state index contributed by atoms with van der Waals surface area (Å²) in [5, 5.41) is 2.90. The lowest BCUT2D eigenvalue weighted by Crippen LogP contribution is -2.47. The molecule has 0 fully saturated rings. The molecule has 0 heterocycles. The van der Waals surface area contributed by atoms with E-state index in [1.54, 1.807) is 7.05 Å². The van der Waals surface area contributed by atoms with Crippen molar-refractivity contribution >= 4 is 5.91 Å². The SMILES string of the molecule is CNC(CN(C)CCC(C)C)C(N)=O. The fraction of sp³-hybridized carbons (Fsp3) is 0.900. The van der Waals surface area contributed by atoms with Crippen LogP contribution in [0.4, 0.5) is 0 Å². The molecule has 1 amide bonds. The maximum Gasteiger partial charge on any atom is 0.235 e. The summed E-state index contributed by atoms with van der Waals surface area (Å²) in [5.41, 5.74) is 5.22. The van der Waals surface area contributed by atoms with Gasteiger partial charge in [-0.15, -0.1) is 0 Å². The molecule has 0 aliphatic rings. The highest BCUT2D eigenvalue weighted by Gasteiger charge is 2.14. The Bertz CT molecular complexity index is 171. The number of nitrogens with zero attached hydrogens (tertiary/aromatic N) is 1. The van der Waals surface area contributed by atoms with Crippen LogP contribution in [0.2, 0.25) is 0 Å². The van der Waals surface area contributed by atoms with Crippen LogP contribution in [0.3, 0.4) is 0 Å². The Labute approximate surface area is 86.8 Å². The number of hydrogen-bond donors (Lipinski definition) is 2. The van der Waals surface area contributed by atoms with Gasteiger partial charge in [-0.1, -0.05) is 13.8 Å². The topological polar surface area (TPSA) is 58.4 Å². The van der Waals surface area contributed by atoms with Crippen molar-refractivity contribution in [2.45, 2.75) is 26.3 Å². The van der Waals surface area contributed by atoms with Crippen molar-refractivity contribution in [2.75, 3.05) is 27.2 Å². The lowest BCUT2D eigenvalue weighted by Gasteiger charge is -2.22. The van der Waals surface area contributed by atoms with Gasteiger partial charge in [0.2, 0.25) is 5.91 Å². The first kappa shape index (κ1) is 13.4. The van der Waals surface area contributed by atoms with Crippen molar-refractivity contribution in [1.82, 2.24) is 10.2 Å². The largest absolute Gasteiger partial charge is 0.368 e. The van der Waals surface area contributed by atoms with Gasteiger partial charge in [0.25, 0.3) is 0 Å². The van der Waals surface area contributed by atoms with Gasteiger partial charge in [-0.3, -0.25) is 4.79 Å². The summed E-state index contributed by atoms with van der Waals surface area (Å²) in [7, 11) is 3.77. The van der Waals surface area contributed by atoms with Gasteiger partial charge in [0.1, 0.15) is 0 Å². The third-order valence-electron chi connectivity index (χ3n) is 2.27. The molecule has 0 aromatic carbocycles. The third-order valence-corrected chi connectivity index (χ3v) is 2.27. The van der Waals surface area contributed by atoms with Gasteiger partial charge in [-0.2, -0.15) is 0 Å². The predicted octanol–water partition coefficient (Wildman–Crippen LogP) is 0.0376. The molecule has 0 aliphatic carbocycles. The zero-order valence-electron chi connectivity index (χ0n) is 9.71. The van der Waals surface area contributed by atoms with Gasteiger partial charge in [0, 0.05) is 6.54 Å². The van der Waals surface area contributed by atoms with Crippen LogP contribution in [0.15, 0.2) is 0 Å². The Morgan fingerprint density at radius 1 is 1.50 bits per heavy atom. The van der Waals surface area contributed by atoms with Crippen LogP contribution in [0, 0.1) is 5.92 Å². The van der Waals surface area contributed by atoms with E-state index in [4.69, 9.17) is 5.73 Å². The van der Waals surface area contributed by atoms with Gasteiger partial charge in [0.15, 0.2) is 0 Å². The van der Waals surface area contributed by atoms with E-state index in [1.165, 1.54) is 0 Å². The Morgan fingerprint density at radius 3 is 2.43 bits per heavy atom. The van der Waals surface area contributed by atoms with E-state index in [-0.39, 0.29) is 11.9 Å². The van der Waals surface area contributed by atoms with Crippen molar-refractivity contribution in [2.24, 2.45) is 11.7 Å². The van der Waals surface area contributed by atoms with Crippen molar-refractivity contribution in [3.63, 3.8) is 0 Å². The molecular weight excluding hydrogens is 178 g/mol. The summed E-state index contributed by atoms with van der Waals surface area (Å²) in [4.78, 5) is 13.1. The molecule has 0 radical (unpaired) electrons. The normalized spacial score (nSPS) is 13.6. The second-order valence-corrected chi connectivity index (χ2v) is 4.19. The first-order valence-corrected chi connectivity index (χ1v) is 5.12. The molecule has 4 nitrogen and oxygen atoms in total. The molecule has 0 rings (SSSR count). The minimum absolute atomic E-state index is 0.243. The summed E-state index contributed by atoms with van der Waals surface area (Å²) >= 11 is 0. The van der Waals surface area contributed by atoms with Crippen LogP contribution < -0.4 is 11.1 Å². The molecular formula is C10H23N3O. The van der Waals surface area contributed by atoms with Crippen LogP contribution in [-0.4, -0.2) is 44.0 Å². The second-order valence-electron chi connectivity index (χ2n) is 4.19. The monoisotopic (exact) mass is 201 g/mol. The van der Waals surface area contributed by atoms with E-state index < -0.39 is 0 Å². The number of nitrogens with one attached hydrogen (secondary N) is 1. The van der Waals surface area contributed by atoms with E-state index in [0.717, 1.165) is 13.0 Å². The maximum absolute atomic E-state index is 10.9. The van der Waals surface area contributed by atoms with Gasteiger partial charge in [-0.25, -0.2) is 0 Å². The van der Waals surface area contributed by atoms with Crippen molar-refractivity contribution in [3.05, 3.63) is 0 Å². The summed E-state index contributed by atoms with van der Waals surface area (Å²) < 4.78 is 0. The van der Waals surface area contributed by atoms with Crippen LogP contribution in [0.25, 0.3) is 0 Å². The number of rotatable bonds is 7. The molecule has 0 aromatic rings. The standard InChI is InChI=1S/C10H23N3O/c1-8(2)5-6-13(4)7-9(12-3)10(11)14/h8-9,12H,5-7H2,1-4H3,(H2,11,14). The number of hydrogen-bond acceptors (Lipinski definition) is 3. The van der Waals surface area contributed by atoms with E-state index in [1.807, 2.05) is 7.05 Å². The minimum atomic E-state index is -0.288.